The Morgan fingerprint density at radius 2 is 2.15 bits per heavy atom. The second-order valence-electron chi connectivity index (χ2n) is 2.22. The van der Waals surface area contributed by atoms with Crippen LogP contribution in [0, 0.1) is 0 Å². The van der Waals surface area contributed by atoms with E-state index in [1.54, 1.807) is 11.8 Å². The molecular weight excluding hydrogens is 224 g/mol. The fourth-order valence-corrected chi connectivity index (χ4v) is 2.98. The molecule has 0 saturated carbocycles. The largest absolute Gasteiger partial charge is 0.299 e. The van der Waals surface area contributed by atoms with Crippen LogP contribution in [0.25, 0.3) is 0 Å². The third kappa shape index (κ3) is 3.66. The Morgan fingerprint density at radius 3 is 2.69 bits per heavy atom. The third-order valence-corrected chi connectivity index (χ3v) is 4.41. The van der Waals surface area contributed by atoms with Gasteiger partial charge in [-0.2, -0.15) is 0 Å². The van der Waals surface area contributed by atoms with Gasteiger partial charge in [0.15, 0.2) is 8.68 Å². The molecule has 3 nitrogen and oxygen atoms in total. The van der Waals surface area contributed by atoms with E-state index in [0.717, 1.165) is 8.68 Å². The lowest BCUT2D eigenvalue weighted by Crippen LogP contribution is -1.97. The van der Waals surface area contributed by atoms with Gasteiger partial charge in [-0.05, 0) is 6.26 Å². The zero-order valence-electron chi connectivity index (χ0n) is 7.44. The standard InChI is InChI=1S/C7H10N2OS3/c1-3-5(10)4-12-7-9-8-6(11-2)13-7/h3-4H2,1-2H3. The summed E-state index contributed by atoms with van der Waals surface area (Å²) in [6, 6.07) is 0. The van der Waals surface area contributed by atoms with Crippen LogP contribution in [0.4, 0.5) is 0 Å². The number of nitrogens with zero attached hydrogens (tertiary/aromatic N) is 2. The first-order valence-electron chi connectivity index (χ1n) is 3.78. The van der Waals surface area contributed by atoms with E-state index < -0.39 is 0 Å². The summed E-state index contributed by atoms with van der Waals surface area (Å²) < 4.78 is 1.83. The van der Waals surface area contributed by atoms with Crippen LogP contribution in [-0.2, 0) is 4.79 Å². The Balaban J connectivity index is 2.41. The van der Waals surface area contributed by atoms with Gasteiger partial charge in [-0.3, -0.25) is 4.79 Å². The highest BCUT2D eigenvalue weighted by atomic mass is 32.2. The topological polar surface area (TPSA) is 42.9 Å². The van der Waals surface area contributed by atoms with Crippen molar-refractivity contribution in [3.05, 3.63) is 0 Å². The van der Waals surface area contributed by atoms with Crippen LogP contribution in [-0.4, -0.2) is 28.0 Å². The van der Waals surface area contributed by atoms with Gasteiger partial charge in [-0.1, -0.05) is 41.8 Å². The van der Waals surface area contributed by atoms with Crippen LogP contribution >= 0.6 is 34.9 Å². The molecule has 0 aliphatic carbocycles. The van der Waals surface area contributed by atoms with Gasteiger partial charge in [-0.15, -0.1) is 10.2 Å². The SMILES string of the molecule is CCC(=O)CSc1nnc(SC)s1. The van der Waals surface area contributed by atoms with Crippen molar-refractivity contribution in [3.63, 3.8) is 0 Å². The second kappa shape index (κ2) is 5.62. The van der Waals surface area contributed by atoms with E-state index in [1.807, 2.05) is 13.2 Å². The average molecular weight is 234 g/mol. The Labute approximate surface area is 89.7 Å². The van der Waals surface area contributed by atoms with Crippen LogP contribution < -0.4 is 0 Å². The molecule has 0 saturated heterocycles. The van der Waals surface area contributed by atoms with Gasteiger partial charge < -0.3 is 0 Å². The molecule has 13 heavy (non-hydrogen) atoms. The van der Waals surface area contributed by atoms with Crippen molar-refractivity contribution in [2.45, 2.75) is 22.0 Å². The fourth-order valence-electron chi connectivity index (χ4n) is 0.582. The molecule has 0 aromatic carbocycles. The number of hydrogen-bond donors (Lipinski definition) is 0. The van der Waals surface area contributed by atoms with E-state index in [9.17, 15) is 4.79 Å². The molecule has 1 aromatic heterocycles. The number of carbonyl (C=O) groups excluding carboxylic acids is 1. The van der Waals surface area contributed by atoms with E-state index >= 15 is 0 Å². The van der Waals surface area contributed by atoms with Crippen molar-refractivity contribution in [1.29, 1.82) is 0 Å². The first-order chi connectivity index (χ1) is 6.26. The van der Waals surface area contributed by atoms with Crippen LogP contribution in [0.1, 0.15) is 13.3 Å². The highest BCUT2D eigenvalue weighted by molar-refractivity contribution is 8.03. The maximum Gasteiger partial charge on any atom is 0.175 e. The van der Waals surface area contributed by atoms with Gasteiger partial charge in [0.05, 0.1) is 5.75 Å². The van der Waals surface area contributed by atoms with Crippen LogP contribution in [0.15, 0.2) is 8.68 Å². The van der Waals surface area contributed by atoms with E-state index in [-0.39, 0.29) is 5.78 Å². The van der Waals surface area contributed by atoms with Crippen LogP contribution in [0.5, 0.6) is 0 Å². The molecule has 0 fully saturated rings. The Hall–Kier alpha value is -0.0700. The van der Waals surface area contributed by atoms with Crippen molar-refractivity contribution in [2.75, 3.05) is 12.0 Å². The number of thioether (sulfide) groups is 2. The van der Waals surface area contributed by atoms with Crippen LogP contribution in [0.3, 0.4) is 0 Å². The van der Waals surface area contributed by atoms with Crippen LogP contribution in [0.2, 0.25) is 0 Å². The molecule has 0 bridgehead atoms. The number of Topliss-reactive ketones (excluding diaryl/α,β-unsaturated/α-hetero) is 1. The van der Waals surface area contributed by atoms with Crippen molar-refractivity contribution in [3.8, 4) is 0 Å². The summed E-state index contributed by atoms with van der Waals surface area (Å²) in [5, 5.41) is 7.89. The van der Waals surface area contributed by atoms with Gasteiger partial charge in [0, 0.05) is 6.42 Å². The quantitative estimate of drug-likeness (QED) is 0.732. The first-order valence-corrected chi connectivity index (χ1v) is 6.81. The van der Waals surface area contributed by atoms with E-state index in [4.69, 9.17) is 0 Å². The van der Waals surface area contributed by atoms with Crippen molar-refractivity contribution < 1.29 is 4.79 Å². The highest BCUT2D eigenvalue weighted by Crippen LogP contribution is 2.27. The highest BCUT2D eigenvalue weighted by Gasteiger charge is 2.05. The van der Waals surface area contributed by atoms with Crippen molar-refractivity contribution in [1.82, 2.24) is 10.2 Å². The summed E-state index contributed by atoms with van der Waals surface area (Å²) in [4.78, 5) is 11.0. The van der Waals surface area contributed by atoms with Gasteiger partial charge in [0.25, 0.3) is 0 Å². The molecule has 0 spiro atoms. The van der Waals surface area contributed by atoms with Gasteiger partial charge >= 0.3 is 0 Å². The molecule has 0 aliphatic heterocycles. The lowest BCUT2D eigenvalue weighted by molar-refractivity contribution is -0.116. The summed E-state index contributed by atoms with van der Waals surface area (Å²) in [5.74, 6) is 0.769. The van der Waals surface area contributed by atoms with Gasteiger partial charge in [0.2, 0.25) is 0 Å². The van der Waals surface area contributed by atoms with E-state index in [2.05, 4.69) is 10.2 Å². The zero-order valence-corrected chi connectivity index (χ0v) is 9.89. The van der Waals surface area contributed by atoms with Crippen molar-refractivity contribution >= 4 is 40.6 Å². The molecule has 1 rings (SSSR count). The number of ketones is 1. The molecule has 0 aliphatic rings. The molecule has 1 aromatic rings. The molecule has 0 atom stereocenters. The maximum absolute atomic E-state index is 11.0. The monoisotopic (exact) mass is 234 g/mol. The first kappa shape index (κ1) is 11.0. The average Bonchev–Trinajstić information content (AvgIpc) is 2.61. The number of aromatic nitrogens is 2. The predicted molar refractivity (Wildman–Crippen MR) is 57.7 cm³/mol. The number of carbonyl (C=O) groups is 1. The maximum atomic E-state index is 11.0. The summed E-state index contributed by atoms with van der Waals surface area (Å²) in [6.07, 6.45) is 2.56. The Kier molecular flexibility index (Phi) is 4.76. The van der Waals surface area contributed by atoms with Crippen molar-refractivity contribution in [2.24, 2.45) is 0 Å². The summed E-state index contributed by atoms with van der Waals surface area (Å²) >= 11 is 4.58. The summed E-state index contributed by atoms with van der Waals surface area (Å²) in [7, 11) is 0. The number of hydrogen-bond acceptors (Lipinski definition) is 6. The molecule has 0 unspecified atom stereocenters. The smallest absolute Gasteiger partial charge is 0.175 e. The summed E-state index contributed by atoms with van der Waals surface area (Å²) in [6.45, 7) is 1.87. The molecule has 0 amide bonds. The lowest BCUT2D eigenvalue weighted by Gasteiger charge is -1.91. The minimum atomic E-state index is 0.255. The van der Waals surface area contributed by atoms with Gasteiger partial charge in [-0.25, -0.2) is 0 Å². The molecule has 0 N–H and O–H groups in total. The molecular formula is C7H10N2OS3. The van der Waals surface area contributed by atoms with E-state index in [0.29, 0.717) is 12.2 Å². The normalized spacial score (nSPS) is 10.3. The predicted octanol–water partition coefficient (Wildman–Crippen LogP) is 2.33. The van der Waals surface area contributed by atoms with E-state index in [1.165, 1.54) is 23.1 Å². The second-order valence-corrected chi connectivity index (χ2v) is 5.47. The Bertz CT molecular complexity index is 287. The molecule has 6 heteroatoms. The molecule has 72 valence electrons. The minimum Gasteiger partial charge on any atom is -0.299 e. The fraction of sp³-hybridized carbons (Fsp3) is 0.571. The van der Waals surface area contributed by atoms with Gasteiger partial charge in [0.1, 0.15) is 5.78 Å². The number of rotatable bonds is 5. The molecule has 0 radical (unpaired) electrons. The molecule has 1 heterocycles. The minimum absolute atomic E-state index is 0.255. The lowest BCUT2D eigenvalue weighted by atomic mass is 10.4. The zero-order chi connectivity index (χ0) is 9.68. The summed E-state index contributed by atoms with van der Waals surface area (Å²) in [5.41, 5.74) is 0. The third-order valence-electron chi connectivity index (χ3n) is 1.31. The Morgan fingerprint density at radius 1 is 1.46 bits per heavy atom.